The lowest BCUT2D eigenvalue weighted by molar-refractivity contribution is -0.190. The molecule has 1 aromatic heterocycles. The van der Waals surface area contributed by atoms with Crippen molar-refractivity contribution in [2.24, 2.45) is 0 Å². The van der Waals surface area contributed by atoms with Gasteiger partial charge >= 0.3 is 12.1 Å². The number of alkyl halides is 3. The average Bonchev–Trinajstić information content (AvgIpc) is 2.59. The molecule has 0 radical (unpaired) electrons. The topological polar surface area (TPSA) is 84.6 Å². The quantitative estimate of drug-likeness (QED) is 0.589. The van der Waals surface area contributed by atoms with Crippen LogP contribution in [0, 0.1) is 0 Å². The molecule has 9 heteroatoms. The van der Waals surface area contributed by atoms with Crippen LogP contribution in [0.2, 0.25) is 0 Å². The molecule has 0 amide bonds. The third-order valence-corrected chi connectivity index (χ3v) is 1.36. The van der Waals surface area contributed by atoms with Crippen LogP contribution in [0.25, 0.3) is 0 Å². The molecule has 1 rings (SSSR count). The maximum absolute atomic E-state index is 11.6. The van der Waals surface area contributed by atoms with Crippen molar-refractivity contribution >= 4 is 5.97 Å². The van der Waals surface area contributed by atoms with Crippen LogP contribution in [0.15, 0.2) is 10.6 Å². The van der Waals surface area contributed by atoms with Crippen LogP contribution >= 0.6 is 0 Å². The predicted octanol–water partition coefficient (Wildman–Crippen LogP) is 0.956. The van der Waals surface area contributed by atoms with E-state index in [1.54, 1.807) is 0 Å². The van der Waals surface area contributed by atoms with Crippen LogP contribution < -0.4 is 5.48 Å². The molecule has 0 spiro atoms. The molecule has 90 valence electrons. The molecule has 0 bridgehead atoms. The zero-order valence-electron chi connectivity index (χ0n) is 7.74. The molecule has 2 N–H and O–H groups in total. The number of hydrogen-bond acceptors (Lipinski definition) is 5. The normalized spacial score (nSPS) is 11.7. The number of halogens is 3. The maximum Gasteiger partial charge on any atom is 0.413 e. The molecule has 0 unspecified atom stereocenters. The summed E-state index contributed by atoms with van der Waals surface area (Å²) in [5.74, 6) is -1.23. The van der Waals surface area contributed by atoms with Gasteiger partial charge in [0.15, 0.2) is 18.1 Å². The minimum absolute atomic E-state index is 0.0552. The van der Waals surface area contributed by atoms with E-state index < -0.39 is 18.8 Å². The van der Waals surface area contributed by atoms with Crippen LogP contribution in [0.4, 0.5) is 13.2 Å². The van der Waals surface area contributed by atoms with Crippen LogP contribution in [-0.2, 0) is 11.4 Å². The van der Waals surface area contributed by atoms with Gasteiger partial charge in [0, 0.05) is 6.07 Å². The number of carboxylic acid groups (broad SMARTS) is 1. The summed E-state index contributed by atoms with van der Waals surface area (Å²) in [6.07, 6.45) is -4.43. The van der Waals surface area contributed by atoms with E-state index >= 15 is 0 Å². The molecule has 6 nitrogen and oxygen atoms in total. The number of carboxylic acids is 1. The fraction of sp³-hybridized carbons (Fsp3) is 0.429. The minimum atomic E-state index is -4.43. The first-order valence-electron chi connectivity index (χ1n) is 3.99. The molecule has 0 aliphatic carbocycles. The zero-order chi connectivity index (χ0) is 12.2. The number of nitrogens with zero attached hydrogens (tertiary/aromatic N) is 1. The molecule has 1 heterocycles. The van der Waals surface area contributed by atoms with Gasteiger partial charge in [0.05, 0.1) is 6.54 Å². The van der Waals surface area contributed by atoms with E-state index in [1.807, 2.05) is 5.48 Å². The van der Waals surface area contributed by atoms with Crippen molar-refractivity contribution in [3.63, 3.8) is 0 Å². The average molecular weight is 240 g/mol. The number of nitrogens with one attached hydrogen (secondary N) is 1. The Labute approximate surface area is 86.9 Å². The highest BCUT2D eigenvalue weighted by Crippen LogP contribution is 2.13. The standard InChI is InChI=1S/C7H7F3N2O4/c8-7(9,10)3-15-11-2-4-1-5(6(13)14)12-16-4/h1,11H,2-3H2,(H,13,14). The van der Waals surface area contributed by atoms with Crippen molar-refractivity contribution in [1.29, 1.82) is 0 Å². The molecule has 0 saturated carbocycles. The lowest BCUT2D eigenvalue weighted by atomic mass is 10.4. The Kier molecular flexibility index (Phi) is 3.85. The monoisotopic (exact) mass is 240 g/mol. The van der Waals surface area contributed by atoms with Gasteiger partial charge in [-0.25, -0.2) is 4.79 Å². The molecule has 0 saturated heterocycles. The first-order chi connectivity index (χ1) is 7.38. The second-order valence-electron chi connectivity index (χ2n) is 2.71. The number of hydrogen-bond donors (Lipinski definition) is 2. The van der Waals surface area contributed by atoms with E-state index in [1.165, 1.54) is 0 Å². The van der Waals surface area contributed by atoms with Crippen LogP contribution in [-0.4, -0.2) is 29.0 Å². The van der Waals surface area contributed by atoms with Crippen molar-refractivity contribution in [3.05, 3.63) is 17.5 Å². The van der Waals surface area contributed by atoms with E-state index in [0.717, 1.165) is 6.07 Å². The van der Waals surface area contributed by atoms with Gasteiger partial charge < -0.3 is 9.63 Å². The summed E-state index contributed by atoms with van der Waals surface area (Å²) in [7, 11) is 0. The Morgan fingerprint density at radius 1 is 1.62 bits per heavy atom. The van der Waals surface area contributed by atoms with E-state index in [9.17, 15) is 18.0 Å². The van der Waals surface area contributed by atoms with Gasteiger partial charge in [0.1, 0.15) is 0 Å². The highest BCUT2D eigenvalue weighted by molar-refractivity contribution is 5.85. The van der Waals surface area contributed by atoms with Gasteiger partial charge in [0.25, 0.3) is 0 Å². The van der Waals surface area contributed by atoms with Gasteiger partial charge in [0.2, 0.25) is 0 Å². The van der Waals surface area contributed by atoms with Crippen molar-refractivity contribution in [1.82, 2.24) is 10.6 Å². The zero-order valence-corrected chi connectivity index (χ0v) is 7.74. The van der Waals surface area contributed by atoms with E-state index in [-0.39, 0.29) is 18.0 Å². The Bertz CT molecular complexity index is 363. The molecule has 1 aromatic rings. The fourth-order valence-corrected chi connectivity index (χ4v) is 0.752. The smallest absolute Gasteiger partial charge is 0.413 e. The number of rotatable bonds is 5. The summed E-state index contributed by atoms with van der Waals surface area (Å²) in [5.41, 5.74) is 1.64. The second kappa shape index (κ2) is 4.94. The van der Waals surface area contributed by atoms with Gasteiger partial charge in [-0.1, -0.05) is 5.16 Å². The maximum atomic E-state index is 11.6. The van der Waals surface area contributed by atoms with Crippen LogP contribution in [0.1, 0.15) is 16.2 Å². The Morgan fingerprint density at radius 3 is 2.81 bits per heavy atom. The van der Waals surface area contributed by atoms with Gasteiger partial charge in [-0.15, -0.1) is 0 Å². The number of aromatic nitrogens is 1. The summed E-state index contributed by atoms with van der Waals surface area (Å²) in [6, 6.07) is 1.08. The molecule has 0 aliphatic heterocycles. The van der Waals surface area contributed by atoms with Gasteiger partial charge in [-0.05, 0) is 0 Å². The summed E-state index contributed by atoms with van der Waals surface area (Å²) in [6.45, 7) is -1.66. The molecule has 0 aromatic carbocycles. The first kappa shape index (κ1) is 12.5. The third-order valence-electron chi connectivity index (χ3n) is 1.36. The second-order valence-corrected chi connectivity index (χ2v) is 2.71. The Balaban J connectivity index is 2.30. The highest BCUT2D eigenvalue weighted by atomic mass is 19.4. The number of hydroxylamine groups is 1. The summed E-state index contributed by atoms with van der Waals surface area (Å²) < 4.78 is 39.3. The predicted molar refractivity (Wildman–Crippen MR) is 42.3 cm³/mol. The minimum Gasteiger partial charge on any atom is -0.476 e. The van der Waals surface area contributed by atoms with E-state index in [2.05, 4.69) is 14.5 Å². The summed E-state index contributed by atoms with van der Waals surface area (Å²) in [5, 5.41) is 11.6. The lowest BCUT2D eigenvalue weighted by Crippen LogP contribution is -2.24. The fourth-order valence-electron chi connectivity index (χ4n) is 0.752. The van der Waals surface area contributed by atoms with Crippen molar-refractivity contribution in [2.75, 3.05) is 6.61 Å². The molecule has 16 heavy (non-hydrogen) atoms. The van der Waals surface area contributed by atoms with E-state index in [4.69, 9.17) is 5.11 Å². The largest absolute Gasteiger partial charge is 0.476 e. The Morgan fingerprint density at radius 2 is 2.31 bits per heavy atom. The van der Waals surface area contributed by atoms with Crippen LogP contribution in [0.3, 0.4) is 0 Å². The highest BCUT2D eigenvalue weighted by Gasteiger charge is 2.27. The van der Waals surface area contributed by atoms with Gasteiger partial charge in [-0.2, -0.15) is 18.7 Å². The SMILES string of the molecule is O=C(O)c1cc(CNOCC(F)(F)F)on1. The van der Waals surface area contributed by atoms with Crippen LogP contribution in [0.5, 0.6) is 0 Å². The summed E-state index contributed by atoms with van der Waals surface area (Å²) >= 11 is 0. The summed E-state index contributed by atoms with van der Waals surface area (Å²) in [4.78, 5) is 14.4. The molecular formula is C7H7F3N2O4. The van der Waals surface area contributed by atoms with Crippen molar-refractivity contribution in [3.8, 4) is 0 Å². The van der Waals surface area contributed by atoms with E-state index in [0.29, 0.717) is 0 Å². The van der Waals surface area contributed by atoms with Gasteiger partial charge in [-0.3, -0.25) is 4.84 Å². The first-order valence-corrected chi connectivity index (χ1v) is 3.99. The van der Waals surface area contributed by atoms with Crippen molar-refractivity contribution < 1.29 is 32.4 Å². The molecule has 0 atom stereocenters. The Hall–Kier alpha value is -1.61. The number of aromatic carboxylic acids is 1. The lowest BCUT2D eigenvalue weighted by Gasteiger charge is -2.06. The molecular weight excluding hydrogens is 233 g/mol. The molecule has 0 aliphatic rings. The number of carbonyl (C=O) groups is 1. The third kappa shape index (κ3) is 4.28. The molecule has 0 fully saturated rings. The van der Waals surface area contributed by atoms with Crippen molar-refractivity contribution in [2.45, 2.75) is 12.7 Å².